The normalized spacial score (nSPS) is 16.4. The molecule has 0 aromatic heterocycles. The van der Waals surface area contributed by atoms with E-state index in [1.54, 1.807) is 6.08 Å². The van der Waals surface area contributed by atoms with Crippen molar-refractivity contribution in [1.29, 1.82) is 0 Å². The fourth-order valence-electron chi connectivity index (χ4n) is 4.62. The number of carboxylic acids is 1. The number of aryl methyl sites for hydroxylation is 1. The molecule has 3 atom stereocenters. The number of carbonyl (C=O) groups is 2. The van der Waals surface area contributed by atoms with Crippen LogP contribution in [0.2, 0.25) is 0 Å². The fraction of sp³-hybridized carbons (Fsp3) is 0.537. The Balaban J connectivity index is -0.000000363. The van der Waals surface area contributed by atoms with Crippen molar-refractivity contribution >= 4 is 25.9 Å². The molecule has 1 aromatic carbocycles. The van der Waals surface area contributed by atoms with Crippen LogP contribution in [-0.4, -0.2) is 73.7 Å². The molecule has 1 aliphatic rings. The maximum Gasteiger partial charge on any atom is 0.306 e. The number of aliphatic hydroxyl groups excluding tert-OH is 2. The van der Waals surface area contributed by atoms with Crippen molar-refractivity contribution in [3.63, 3.8) is 0 Å². The van der Waals surface area contributed by atoms with Gasteiger partial charge >= 0.3 is 5.97 Å². The summed E-state index contributed by atoms with van der Waals surface area (Å²) in [7, 11) is 6.40. The lowest BCUT2D eigenvalue weighted by atomic mass is 9.85. The zero-order chi connectivity index (χ0) is 40.9. The molecule has 3 unspecified atom stereocenters. The summed E-state index contributed by atoms with van der Waals surface area (Å²) in [5.41, 5.74) is 15.9. The van der Waals surface area contributed by atoms with E-state index >= 15 is 0 Å². The number of amides is 1. The molecule has 7 N–H and O–H groups in total. The molecule has 2 rings (SSSR count). The molecule has 10 nitrogen and oxygen atoms in total. The molecule has 1 fully saturated rings. The Bertz CT molecular complexity index is 1180. The van der Waals surface area contributed by atoms with Crippen molar-refractivity contribution < 1.29 is 34.4 Å². The molecule has 2 radical (unpaired) electrons. The van der Waals surface area contributed by atoms with Gasteiger partial charge in [0.05, 0.1) is 12.0 Å². The van der Waals surface area contributed by atoms with E-state index < -0.39 is 18.0 Å². The maximum absolute atomic E-state index is 11.2. The van der Waals surface area contributed by atoms with Crippen LogP contribution in [0.3, 0.4) is 0 Å². The number of aliphatic carboxylic acids is 1. The minimum absolute atomic E-state index is 0.171. The van der Waals surface area contributed by atoms with Crippen LogP contribution in [0, 0.1) is 5.92 Å². The SMILES string of the molecule is C/C=C(\C)CC/C=C(\C)CCC(C)=NCCCN.C=C.C=CC.CO.NC=O.[B]C(=C)OCc1ccc(OC2CC(O)CC(C(=O)O)C2)c(CC)c1. The Hall–Kier alpha value is -3.93. The number of nitrogens with zero attached hydrogens (tertiary/aromatic N) is 1. The number of aliphatic imine (C=N–C) groups is 1. The van der Waals surface area contributed by atoms with Crippen molar-refractivity contribution in [2.45, 2.75) is 118 Å². The number of benzene rings is 1. The maximum atomic E-state index is 11.2. The topological polar surface area (TPSA) is 178 Å². The first-order valence-corrected chi connectivity index (χ1v) is 17.7. The molecule has 0 aliphatic heterocycles. The minimum atomic E-state index is -0.882. The van der Waals surface area contributed by atoms with Gasteiger partial charge in [0.25, 0.3) is 0 Å². The van der Waals surface area contributed by atoms with Gasteiger partial charge in [0, 0.05) is 31.4 Å². The highest BCUT2D eigenvalue weighted by Crippen LogP contribution is 2.30. The summed E-state index contributed by atoms with van der Waals surface area (Å²) in [6, 6.07) is 5.71. The van der Waals surface area contributed by atoms with Crippen LogP contribution < -0.4 is 16.2 Å². The summed E-state index contributed by atoms with van der Waals surface area (Å²) in [5, 5.41) is 26.1. The summed E-state index contributed by atoms with van der Waals surface area (Å²) in [6.45, 7) is 27.4. The van der Waals surface area contributed by atoms with E-state index in [-0.39, 0.29) is 24.6 Å². The number of aliphatic hydroxyl groups is 2. The molecular weight excluding hydrogens is 657 g/mol. The predicted molar refractivity (Wildman–Crippen MR) is 220 cm³/mol. The van der Waals surface area contributed by atoms with Gasteiger partial charge in [-0.1, -0.05) is 48.9 Å². The third-order valence-corrected chi connectivity index (χ3v) is 7.36. The molecule has 52 heavy (non-hydrogen) atoms. The second kappa shape index (κ2) is 38.3. The van der Waals surface area contributed by atoms with Crippen LogP contribution in [-0.2, 0) is 27.4 Å². The van der Waals surface area contributed by atoms with E-state index in [0.29, 0.717) is 19.4 Å². The minimum Gasteiger partial charge on any atom is -0.506 e. The first kappa shape index (κ1) is 54.8. The summed E-state index contributed by atoms with van der Waals surface area (Å²) in [5.74, 6) is -0.726. The van der Waals surface area contributed by atoms with Crippen LogP contribution in [0.4, 0.5) is 0 Å². The largest absolute Gasteiger partial charge is 0.506 e. The van der Waals surface area contributed by atoms with Gasteiger partial charge in [-0.2, -0.15) is 0 Å². The van der Waals surface area contributed by atoms with E-state index in [2.05, 4.69) is 76.9 Å². The Kier molecular flexibility index (Phi) is 40.4. The number of ether oxygens (including phenoxy) is 2. The number of rotatable bonds is 16. The summed E-state index contributed by atoms with van der Waals surface area (Å²) >= 11 is 0. The van der Waals surface area contributed by atoms with Crippen LogP contribution in [0.1, 0.15) is 104 Å². The molecule has 11 heteroatoms. The van der Waals surface area contributed by atoms with Crippen molar-refractivity contribution in [2.24, 2.45) is 22.4 Å². The van der Waals surface area contributed by atoms with Crippen molar-refractivity contribution in [1.82, 2.24) is 0 Å². The molecular formula is C41H70BN3O7. The summed E-state index contributed by atoms with van der Waals surface area (Å²) in [4.78, 5) is 24.3. The Labute approximate surface area is 316 Å². The number of primary amides is 1. The zero-order valence-corrected chi connectivity index (χ0v) is 33.2. The Morgan fingerprint density at radius 3 is 2.17 bits per heavy atom. The van der Waals surface area contributed by atoms with Crippen molar-refractivity contribution in [3.8, 4) is 5.75 Å². The number of allylic oxidation sites excluding steroid dienone is 5. The van der Waals surface area contributed by atoms with E-state index in [1.165, 1.54) is 23.3 Å². The fourth-order valence-corrected chi connectivity index (χ4v) is 4.62. The number of hydrogen-bond acceptors (Lipinski definition) is 8. The van der Waals surface area contributed by atoms with Crippen molar-refractivity contribution in [3.05, 3.63) is 90.7 Å². The third kappa shape index (κ3) is 32.0. The lowest BCUT2D eigenvalue weighted by Gasteiger charge is -2.31. The summed E-state index contributed by atoms with van der Waals surface area (Å²) in [6.07, 6.45) is 13.1. The highest BCUT2D eigenvalue weighted by Gasteiger charge is 2.33. The van der Waals surface area contributed by atoms with Gasteiger partial charge in [-0.05, 0) is 116 Å². The number of carboxylic acid groups (broad SMARTS) is 1. The Morgan fingerprint density at radius 1 is 1.08 bits per heavy atom. The Morgan fingerprint density at radius 2 is 1.67 bits per heavy atom. The molecule has 1 amide bonds. The molecule has 0 heterocycles. The molecule has 1 aliphatic carbocycles. The third-order valence-electron chi connectivity index (χ3n) is 7.36. The van der Waals surface area contributed by atoms with Crippen LogP contribution in [0.15, 0.2) is 84.5 Å². The smallest absolute Gasteiger partial charge is 0.306 e. The van der Waals surface area contributed by atoms with E-state index in [1.807, 2.05) is 32.0 Å². The molecule has 0 saturated heterocycles. The number of nitrogens with two attached hydrogens (primary N) is 2. The van der Waals surface area contributed by atoms with Crippen LogP contribution in [0.25, 0.3) is 0 Å². The monoisotopic (exact) mass is 728 g/mol. The van der Waals surface area contributed by atoms with Gasteiger partial charge in [0.1, 0.15) is 18.5 Å². The lowest BCUT2D eigenvalue weighted by Crippen LogP contribution is -2.36. The van der Waals surface area contributed by atoms with Gasteiger partial charge in [-0.3, -0.25) is 14.6 Å². The predicted octanol–water partition coefficient (Wildman–Crippen LogP) is 7.37. The van der Waals surface area contributed by atoms with Gasteiger partial charge in [-0.15, -0.1) is 19.7 Å². The van der Waals surface area contributed by atoms with E-state index in [0.717, 1.165) is 69.2 Å². The van der Waals surface area contributed by atoms with Gasteiger partial charge in [-0.25, -0.2) is 0 Å². The molecule has 0 bridgehead atoms. The van der Waals surface area contributed by atoms with Gasteiger partial charge in [0.15, 0.2) is 7.85 Å². The zero-order valence-electron chi connectivity index (χ0n) is 33.2. The number of hydrogen-bond donors (Lipinski definition) is 5. The first-order valence-electron chi connectivity index (χ1n) is 17.7. The number of carbonyl (C=O) groups excluding carboxylic acids is 1. The molecule has 1 aromatic rings. The van der Waals surface area contributed by atoms with Crippen molar-refractivity contribution in [2.75, 3.05) is 20.2 Å². The highest BCUT2D eigenvalue weighted by atomic mass is 16.5. The van der Waals surface area contributed by atoms with E-state index in [9.17, 15) is 15.0 Å². The molecule has 294 valence electrons. The molecule has 0 spiro atoms. The average Bonchev–Trinajstić information content (AvgIpc) is 3.12. The average molecular weight is 728 g/mol. The summed E-state index contributed by atoms with van der Waals surface area (Å²) < 4.78 is 11.2. The lowest BCUT2D eigenvalue weighted by molar-refractivity contribution is -0.145. The second-order valence-corrected chi connectivity index (χ2v) is 11.7. The standard InChI is InChI=1S/C18H23BO5.C16H30N2.C3H6.C2H4.CH3NO.CH4O/c1-3-13-6-12(10-23-11(2)19)4-5-17(13)24-16-8-14(18(21)22)7-15(20)9-16;1-5-14(2)8-6-9-15(3)10-11-16(4)18-13-7-12-17;1-3-2;1-2;2-1-3;1-2/h4-6,14-16,20H,2-3,7-10H2,1H3,(H,21,22);5,9H,6-8,10-13,17H2,1-4H3;3H,1H2,2H3;1-2H2;1H,(H2,2,3);2H,1H3/b;14-5+,15-9+,18-16?;;;;. The van der Waals surface area contributed by atoms with E-state index in [4.69, 9.17) is 33.0 Å². The van der Waals surface area contributed by atoms with Gasteiger partial charge < -0.3 is 36.3 Å². The second-order valence-electron chi connectivity index (χ2n) is 11.7. The highest BCUT2D eigenvalue weighted by molar-refractivity contribution is 6.19. The van der Waals surface area contributed by atoms with Crippen LogP contribution in [0.5, 0.6) is 5.75 Å². The molecule has 1 saturated carbocycles. The first-order chi connectivity index (χ1) is 24.8. The quantitative estimate of drug-likeness (QED) is 0.0293. The van der Waals surface area contributed by atoms with Crippen LogP contribution >= 0.6 is 0 Å². The van der Waals surface area contributed by atoms with Gasteiger partial charge in [0.2, 0.25) is 6.41 Å².